The van der Waals surface area contributed by atoms with Crippen LogP contribution < -0.4 is 14.8 Å². The molecule has 0 saturated heterocycles. The van der Waals surface area contributed by atoms with Crippen molar-refractivity contribution in [1.82, 2.24) is 9.88 Å². The first-order valence-corrected chi connectivity index (χ1v) is 11.1. The Morgan fingerprint density at radius 3 is 2.29 bits per heavy atom. The van der Waals surface area contributed by atoms with E-state index in [1.165, 1.54) is 11.1 Å². The van der Waals surface area contributed by atoms with Crippen molar-refractivity contribution in [2.24, 2.45) is 0 Å². The summed E-state index contributed by atoms with van der Waals surface area (Å²) in [5.41, 5.74) is 3.74. The molecule has 0 radical (unpaired) electrons. The van der Waals surface area contributed by atoms with Crippen molar-refractivity contribution in [2.45, 2.75) is 12.3 Å². The smallest absolute Gasteiger partial charge is 0.269 e. The van der Waals surface area contributed by atoms with Crippen molar-refractivity contribution in [1.29, 1.82) is 5.26 Å². The number of nitrogens with one attached hydrogen (secondary N) is 1. The molecule has 3 aromatic carbocycles. The van der Waals surface area contributed by atoms with E-state index in [1.807, 2.05) is 42.5 Å². The van der Waals surface area contributed by atoms with E-state index in [4.69, 9.17) is 9.47 Å². The molecule has 5 rings (SSSR count). The number of hydrogen-bond acceptors (Lipinski definition) is 4. The predicted molar refractivity (Wildman–Crippen MR) is 128 cm³/mol. The molecule has 1 amide bonds. The number of ether oxygens (including phenoxy) is 2. The monoisotopic (exact) mass is 449 g/mol. The molecule has 0 atom stereocenters. The Kier molecular flexibility index (Phi) is 6.00. The first-order chi connectivity index (χ1) is 16.7. The third-order valence-electron chi connectivity index (χ3n) is 5.98. The molecule has 0 aliphatic carbocycles. The highest BCUT2D eigenvalue weighted by molar-refractivity contribution is 5.96. The van der Waals surface area contributed by atoms with Gasteiger partial charge in [0.05, 0.1) is 5.56 Å². The van der Waals surface area contributed by atoms with E-state index in [-0.39, 0.29) is 18.6 Å². The first-order valence-electron chi connectivity index (χ1n) is 11.1. The second-order valence-electron chi connectivity index (χ2n) is 8.02. The van der Waals surface area contributed by atoms with Crippen LogP contribution in [0.1, 0.15) is 39.5 Å². The minimum absolute atomic E-state index is 0.152. The maximum Gasteiger partial charge on any atom is 0.269 e. The zero-order valence-corrected chi connectivity index (χ0v) is 18.5. The quantitative estimate of drug-likeness (QED) is 0.429. The van der Waals surface area contributed by atoms with Crippen molar-refractivity contribution >= 4 is 5.91 Å². The number of aromatic nitrogens is 1. The molecule has 4 aromatic rings. The Hall–Kier alpha value is -4.50. The minimum atomic E-state index is -0.293. The molecule has 1 aliphatic heterocycles. The van der Waals surface area contributed by atoms with Gasteiger partial charge in [-0.05, 0) is 35.7 Å². The molecule has 1 aromatic heterocycles. The second kappa shape index (κ2) is 9.55. The molecule has 0 bridgehead atoms. The van der Waals surface area contributed by atoms with Crippen LogP contribution >= 0.6 is 0 Å². The highest BCUT2D eigenvalue weighted by Gasteiger charge is 2.21. The van der Waals surface area contributed by atoms with Gasteiger partial charge in [-0.15, -0.1) is 0 Å². The number of nitriles is 1. The molecule has 168 valence electrons. The molecule has 6 heteroatoms. The van der Waals surface area contributed by atoms with Crippen molar-refractivity contribution < 1.29 is 14.3 Å². The van der Waals surface area contributed by atoms with Gasteiger partial charge in [0.15, 0.2) is 11.5 Å². The molecule has 0 saturated carbocycles. The van der Waals surface area contributed by atoms with E-state index in [9.17, 15) is 10.1 Å². The molecule has 1 N–H and O–H groups in total. The van der Waals surface area contributed by atoms with Gasteiger partial charge in [0, 0.05) is 30.4 Å². The third-order valence-corrected chi connectivity index (χ3v) is 5.98. The largest absolute Gasteiger partial charge is 0.454 e. The van der Waals surface area contributed by atoms with Gasteiger partial charge >= 0.3 is 0 Å². The summed E-state index contributed by atoms with van der Waals surface area (Å²) < 4.78 is 12.6. The van der Waals surface area contributed by atoms with Crippen molar-refractivity contribution in [3.05, 3.63) is 114 Å². The van der Waals surface area contributed by atoms with Gasteiger partial charge in [-0.1, -0.05) is 60.7 Å². The average Bonchev–Trinajstić information content (AvgIpc) is 3.54. The van der Waals surface area contributed by atoms with Gasteiger partial charge in [-0.3, -0.25) is 4.79 Å². The summed E-state index contributed by atoms with van der Waals surface area (Å²) in [7, 11) is 0. The van der Waals surface area contributed by atoms with Gasteiger partial charge in [0.25, 0.3) is 5.91 Å². The Morgan fingerprint density at radius 1 is 0.941 bits per heavy atom. The summed E-state index contributed by atoms with van der Waals surface area (Å²) in [4.78, 5) is 13.2. The van der Waals surface area contributed by atoms with Crippen LogP contribution in [0.15, 0.2) is 91.1 Å². The maximum atomic E-state index is 13.2. The number of rotatable bonds is 7. The molecule has 0 spiro atoms. The normalized spacial score (nSPS) is 11.9. The second-order valence-corrected chi connectivity index (χ2v) is 8.02. The molecule has 6 nitrogen and oxygen atoms in total. The zero-order chi connectivity index (χ0) is 23.3. The zero-order valence-electron chi connectivity index (χ0n) is 18.5. The molecule has 0 unspecified atom stereocenters. The Labute approximate surface area is 198 Å². The fraction of sp³-hybridized carbons (Fsp3) is 0.143. The summed E-state index contributed by atoms with van der Waals surface area (Å²) in [6.45, 7) is 0.635. The van der Waals surface area contributed by atoms with Gasteiger partial charge < -0.3 is 19.4 Å². The third kappa shape index (κ3) is 4.24. The molecule has 1 aliphatic rings. The van der Waals surface area contributed by atoms with Crippen LogP contribution in [0.4, 0.5) is 0 Å². The summed E-state index contributed by atoms with van der Waals surface area (Å²) in [5.74, 6) is 1.14. The number of amides is 1. The lowest BCUT2D eigenvalue weighted by Crippen LogP contribution is -2.28. The van der Waals surface area contributed by atoms with E-state index >= 15 is 0 Å². The minimum Gasteiger partial charge on any atom is -0.454 e. The Balaban J connectivity index is 1.35. The number of benzene rings is 3. The van der Waals surface area contributed by atoms with Gasteiger partial charge in [0.2, 0.25) is 6.79 Å². The molecule has 2 heterocycles. The standard InChI is InChI=1S/C28H23N3O3/c29-18-22-14-16-31(23-11-12-25-26(17-23)34-19-33-25)27(22)28(32)30-15-13-24(20-7-3-1-4-8-20)21-9-5-2-6-10-21/h1-12,14,16-17,24H,13,15,19H2,(H,30,32). The van der Waals surface area contributed by atoms with Crippen LogP contribution in [0.5, 0.6) is 11.5 Å². The highest BCUT2D eigenvalue weighted by Crippen LogP contribution is 2.34. The van der Waals surface area contributed by atoms with E-state index in [2.05, 4.69) is 35.7 Å². The first kappa shape index (κ1) is 21.4. The lowest BCUT2D eigenvalue weighted by Gasteiger charge is -2.19. The predicted octanol–water partition coefficient (Wildman–Crippen LogP) is 5.03. The SMILES string of the molecule is N#Cc1ccn(-c2ccc3c(c2)OCO3)c1C(=O)NCCC(c1ccccc1)c1ccccc1. The highest BCUT2D eigenvalue weighted by atomic mass is 16.7. The molecule has 34 heavy (non-hydrogen) atoms. The fourth-order valence-corrected chi connectivity index (χ4v) is 4.31. The van der Waals surface area contributed by atoms with Crippen LogP contribution in [0.2, 0.25) is 0 Å². The van der Waals surface area contributed by atoms with Crippen LogP contribution in [-0.4, -0.2) is 23.8 Å². The van der Waals surface area contributed by atoms with Crippen LogP contribution in [0.3, 0.4) is 0 Å². The molecular weight excluding hydrogens is 426 g/mol. The Bertz CT molecular complexity index is 1300. The average molecular weight is 450 g/mol. The summed E-state index contributed by atoms with van der Waals surface area (Å²) in [6, 6.07) is 29.8. The van der Waals surface area contributed by atoms with E-state index in [0.29, 0.717) is 29.3 Å². The molecule has 0 fully saturated rings. The Morgan fingerprint density at radius 2 is 1.62 bits per heavy atom. The van der Waals surface area contributed by atoms with Crippen LogP contribution in [0.25, 0.3) is 5.69 Å². The van der Waals surface area contributed by atoms with Crippen LogP contribution in [-0.2, 0) is 0 Å². The van der Waals surface area contributed by atoms with Crippen molar-refractivity contribution in [2.75, 3.05) is 13.3 Å². The van der Waals surface area contributed by atoms with Gasteiger partial charge in [-0.2, -0.15) is 5.26 Å². The molecular formula is C28H23N3O3. The summed E-state index contributed by atoms with van der Waals surface area (Å²) >= 11 is 0. The number of fused-ring (bicyclic) bond motifs is 1. The van der Waals surface area contributed by atoms with Crippen LogP contribution in [0, 0.1) is 11.3 Å². The van der Waals surface area contributed by atoms with Gasteiger partial charge in [-0.25, -0.2) is 0 Å². The number of carbonyl (C=O) groups is 1. The summed E-state index contributed by atoms with van der Waals surface area (Å²) in [5, 5.41) is 12.6. The lowest BCUT2D eigenvalue weighted by atomic mass is 9.88. The topological polar surface area (TPSA) is 76.3 Å². The number of nitrogens with zero attached hydrogens (tertiary/aromatic N) is 2. The summed E-state index contributed by atoms with van der Waals surface area (Å²) in [6.07, 6.45) is 2.45. The number of hydrogen-bond donors (Lipinski definition) is 1. The van der Waals surface area contributed by atoms with Gasteiger partial charge in [0.1, 0.15) is 11.8 Å². The number of carbonyl (C=O) groups excluding carboxylic acids is 1. The fourth-order valence-electron chi connectivity index (χ4n) is 4.31. The van der Waals surface area contributed by atoms with E-state index < -0.39 is 0 Å². The van der Waals surface area contributed by atoms with E-state index in [0.717, 1.165) is 12.1 Å². The van der Waals surface area contributed by atoms with E-state index in [1.54, 1.807) is 29.0 Å². The van der Waals surface area contributed by atoms with Crippen molar-refractivity contribution in [3.8, 4) is 23.3 Å². The maximum absolute atomic E-state index is 13.2. The lowest BCUT2D eigenvalue weighted by molar-refractivity contribution is 0.0945. The van der Waals surface area contributed by atoms with Crippen molar-refractivity contribution in [3.63, 3.8) is 0 Å².